The highest BCUT2D eigenvalue weighted by Gasteiger charge is 2.42. The SMILES string of the molecule is CN(C)c1ccc(-n2cccc2C2C(c3ccccn3)NC(=S)N2c2ccc3c(c2)OCO3)cc1. The first-order valence-electron chi connectivity index (χ1n) is 11.5. The second-order valence-corrected chi connectivity index (χ2v) is 9.13. The Morgan fingerprint density at radius 1 is 0.943 bits per heavy atom. The number of pyridine rings is 1. The maximum Gasteiger partial charge on any atom is 0.231 e. The van der Waals surface area contributed by atoms with E-state index in [0.29, 0.717) is 5.11 Å². The first kappa shape index (κ1) is 21.5. The van der Waals surface area contributed by atoms with Crippen LogP contribution in [0.15, 0.2) is 85.2 Å². The molecule has 8 heteroatoms. The quantitative estimate of drug-likeness (QED) is 0.408. The van der Waals surface area contributed by atoms with Crippen LogP contribution < -0.4 is 24.6 Å². The summed E-state index contributed by atoms with van der Waals surface area (Å²) in [5.74, 6) is 1.47. The molecule has 0 bridgehead atoms. The first-order chi connectivity index (χ1) is 17.1. The minimum Gasteiger partial charge on any atom is -0.454 e. The molecule has 1 fully saturated rings. The number of thiocarbonyl (C=S) groups is 1. The Kier molecular flexibility index (Phi) is 5.30. The fourth-order valence-electron chi connectivity index (χ4n) is 4.75. The predicted molar refractivity (Wildman–Crippen MR) is 141 cm³/mol. The van der Waals surface area contributed by atoms with E-state index in [1.807, 2.05) is 56.7 Å². The fourth-order valence-corrected chi connectivity index (χ4v) is 5.10. The molecule has 7 nitrogen and oxygen atoms in total. The van der Waals surface area contributed by atoms with Crippen LogP contribution in [-0.2, 0) is 0 Å². The fraction of sp³-hybridized carbons (Fsp3) is 0.185. The van der Waals surface area contributed by atoms with Gasteiger partial charge < -0.3 is 29.2 Å². The second kappa shape index (κ2) is 8.63. The Labute approximate surface area is 209 Å². The smallest absolute Gasteiger partial charge is 0.231 e. The minimum absolute atomic E-state index is 0.135. The third kappa shape index (κ3) is 3.76. The minimum atomic E-state index is -0.138. The summed E-state index contributed by atoms with van der Waals surface area (Å²) in [6, 6.07) is 24.4. The van der Waals surface area contributed by atoms with Crippen LogP contribution in [0.4, 0.5) is 11.4 Å². The summed E-state index contributed by atoms with van der Waals surface area (Å²) in [5.41, 5.74) is 5.20. The maximum atomic E-state index is 5.88. The lowest BCUT2D eigenvalue weighted by molar-refractivity contribution is 0.174. The zero-order valence-electron chi connectivity index (χ0n) is 19.5. The molecule has 4 heterocycles. The van der Waals surface area contributed by atoms with E-state index < -0.39 is 0 Å². The number of nitrogens with one attached hydrogen (secondary N) is 1. The third-order valence-electron chi connectivity index (χ3n) is 6.46. The van der Waals surface area contributed by atoms with Gasteiger partial charge in [0.15, 0.2) is 16.6 Å². The van der Waals surface area contributed by atoms with Crippen molar-refractivity contribution in [1.29, 1.82) is 0 Å². The number of hydrogen-bond donors (Lipinski definition) is 1. The van der Waals surface area contributed by atoms with E-state index in [-0.39, 0.29) is 18.9 Å². The van der Waals surface area contributed by atoms with E-state index in [1.54, 1.807) is 0 Å². The van der Waals surface area contributed by atoms with Crippen molar-refractivity contribution in [2.24, 2.45) is 0 Å². The molecular formula is C27H25N5O2S. The van der Waals surface area contributed by atoms with Gasteiger partial charge in [0.1, 0.15) is 6.04 Å². The van der Waals surface area contributed by atoms with Crippen molar-refractivity contribution in [3.63, 3.8) is 0 Å². The molecule has 2 aliphatic rings. The van der Waals surface area contributed by atoms with E-state index in [1.165, 1.54) is 0 Å². The highest BCUT2D eigenvalue weighted by Crippen LogP contribution is 2.44. The van der Waals surface area contributed by atoms with Gasteiger partial charge in [-0.15, -0.1) is 0 Å². The average molecular weight is 484 g/mol. The van der Waals surface area contributed by atoms with Crippen molar-refractivity contribution < 1.29 is 9.47 Å². The molecule has 1 saturated heterocycles. The van der Waals surface area contributed by atoms with Gasteiger partial charge in [0, 0.05) is 55.3 Å². The molecule has 2 aliphatic heterocycles. The number of aromatic nitrogens is 2. The van der Waals surface area contributed by atoms with Crippen molar-refractivity contribution in [2.75, 3.05) is 30.7 Å². The summed E-state index contributed by atoms with van der Waals surface area (Å²) in [7, 11) is 4.09. The molecule has 2 aromatic carbocycles. The standard InChI is InChI=1S/C27H25N5O2S/c1-30(2)18-8-10-19(11-9-18)31-15-5-7-22(31)26-25(21-6-3-4-14-28-21)29-27(35)32(26)20-12-13-23-24(16-20)34-17-33-23/h3-16,25-26H,17H2,1-2H3,(H,29,35). The molecule has 2 aromatic heterocycles. The lowest BCUT2D eigenvalue weighted by Gasteiger charge is -2.29. The van der Waals surface area contributed by atoms with Gasteiger partial charge in [0.05, 0.1) is 11.7 Å². The third-order valence-corrected chi connectivity index (χ3v) is 6.77. The van der Waals surface area contributed by atoms with E-state index in [9.17, 15) is 0 Å². The predicted octanol–water partition coefficient (Wildman–Crippen LogP) is 4.84. The van der Waals surface area contributed by atoms with E-state index >= 15 is 0 Å². The monoisotopic (exact) mass is 483 g/mol. The summed E-state index contributed by atoms with van der Waals surface area (Å²) < 4.78 is 13.4. The molecule has 0 aliphatic carbocycles. The van der Waals surface area contributed by atoms with Gasteiger partial charge in [-0.05, 0) is 72.9 Å². The van der Waals surface area contributed by atoms with Crippen LogP contribution in [0.2, 0.25) is 0 Å². The van der Waals surface area contributed by atoms with Gasteiger partial charge in [-0.3, -0.25) is 4.98 Å². The number of anilines is 2. The molecule has 176 valence electrons. The summed E-state index contributed by atoms with van der Waals surface area (Å²) in [4.78, 5) is 8.91. The Balaban J connectivity index is 1.47. The first-order valence-corrected chi connectivity index (χ1v) is 11.9. The highest BCUT2D eigenvalue weighted by atomic mass is 32.1. The lowest BCUT2D eigenvalue weighted by Crippen LogP contribution is -2.30. The molecule has 0 amide bonds. The van der Waals surface area contributed by atoms with E-state index in [4.69, 9.17) is 21.7 Å². The molecule has 0 radical (unpaired) electrons. The van der Waals surface area contributed by atoms with Gasteiger partial charge in [-0.2, -0.15) is 0 Å². The summed E-state index contributed by atoms with van der Waals surface area (Å²) in [6.45, 7) is 0.229. The molecule has 0 saturated carbocycles. The van der Waals surface area contributed by atoms with Crippen molar-refractivity contribution in [2.45, 2.75) is 12.1 Å². The van der Waals surface area contributed by atoms with Gasteiger partial charge in [-0.25, -0.2) is 0 Å². The van der Waals surface area contributed by atoms with Crippen molar-refractivity contribution >= 4 is 28.7 Å². The number of rotatable bonds is 5. The number of nitrogens with zero attached hydrogens (tertiary/aromatic N) is 4. The van der Waals surface area contributed by atoms with E-state index in [0.717, 1.165) is 39.9 Å². The van der Waals surface area contributed by atoms with E-state index in [2.05, 4.69) is 67.3 Å². The van der Waals surface area contributed by atoms with Crippen molar-refractivity contribution in [3.05, 3.63) is 96.6 Å². The molecule has 0 spiro atoms. The van der Waals surface area contributed by atoms with Crippen LogP contribution in [-0.4, -0.2) is 35.6 Å². The molecule has 35 heavy (non-hydrogen) atoms. The molecule has 4 aromatic rings. The van der Waals surface area contributed by atoms with Crippen molar-refractivity contribution in [1.82, 2.24) is 14.9 Å². The normalized spacial score (nSPS) is 18.6. The Morgan fingerprint density at radius 3 is 2.51 bits per heavy atom. The maximum absolute atomic E-state index is 5.88. The van der Waals surface area contributed by atoms with Crippen LogP contribution >= 0.6 is 12.2 Å². The molecule has 2 unspecified atom stereocenters. The van der Waals surface area contributed by atoms with Crippen LogP contribution in [0.25, 0.3) is 5.69 Å². The van der Waals surface area contributed by atoms with Gasteiger partial charge >= 0.3 is 0 Å². The Morgan fingerprint density at radius 2 is 1.74 bits per heavy atom. The topological polar surface area (TPSA) is 54.8 Å². The Bertz CT molecular complexity index is 1370. The molecular weight excluding hydrogens is 458 g/mol. The van der Waals surface area contributed by atoms with Gasteiger partial charge in [0.25, 0.3) is 0 Å². The number of benzene rings is 2. The molecule has 2 atom stereocenters. The molecule has 6 rings (SSSR count). The largest absolute Gasteiger partial charge is 0.454 e. The van der Waals surface area contributed by atoms with Gasteiger partial charge in [0.2, 0.25) is 6.79 Å². The number of fused-ring (bicyclic) bond motifs is 1. The second-order valence-electron chi connectivity index (χ2n) is 8.75. The zero-order valence-corrected chi connectivity index (χ0v) is 20.3. The number of hydrogen-bond acceptors (Lipinski definition) is 5. The highest BCUT2D eigenvalue weighted by molar-refractivity contribution is 7.80. The summed E-state index contributed by atoms with van der Waals surface area (Å²) in [5, 5.41) is 4.17. The zero-order chi connectivity index (χ0) is 23.9. The van der Waals surface area contributed by atoms with Crippen LogP contribution in [0.5, 0.6) is 11.5 Å². The van der Waals surface area contributed by atoms with Crippen molar-refractivity contribution in [3.8, 4) is 17.2 Å². The van der Waals surface area contributed by atoms with Crippen LogP contribution in [0, 0.1) is 0 Å². The number of ether oxygens (including phenoxy) is 2. The Hall–Kier alpha value is -4.04. The van der Waals surface area contributed by atoms with Gasteiger partial charge in [-0.1, -0.05) is 6.07 Å². The average Bonchev–Trinajstić information content (AvgIpc) is 3.62. The summed E-state index contributed by atoms with van der Waals surface area (Å²) in [6.07, 6.45) is 3.91. The van der Waals surface area contributed by atoms with Crippen LogP contribution in [0.3, 0.4) is 0 Å². The molecule has 1 N–H and O–H groups in total. The lowest BCUT2D eigenvalue weighted by atomic mass is 10.0. The van der Waals surface area contributed by atoms with Crippen LogP contribution in [0.1, 0.15) is 23.5 Å². The summed E-state index contributed by atoms with van der Waals surface area (Å²) >= 11 is 5.88.